The Labute approximate surface area is 146 Å². The highest BCUT2D eigenvalue weighted by molar-refractivity contribution is 5.74. The summed E-state index contributed by atoms with van der Waals surface area (Å²) in [6.07, 6.45) is 19.5. The molecule has 130 valence electrons. The molecule has 0 radical (unpaired) electrons. The van der Waals surface area contributed by atoms with Gasteiger partial charge in [0, 0.05) is 0 Å². The monoisotopic (exact) mass is 326 g/mol. The Kier molecular flexibility index (Phi) is 6.29. The highest BCUT2D eigenvalue weighted by Crippen LogP contribution is 2.39. The van der Waals surface area contributed by atoms with Gasteiger partial charge in [-0.15, -0.1) is 0 Å². The number of benzene rings is 1. The third kappa shape index (κ3) is 4.59. The fourth-order valence-corrected chi connectivity index (χ4v) is 4.43. The van der Waals surface area contributed by atoms with Crippen LogP contribution in [0.2, 0.25) is 0 Å². The molecular weight excluding hydrogens is 295 g/mol. The first kappa shape index (κ1) is 17.5. The molecule has 1 saturated carbocycles. The fourth-order valence-electron chi connectivity index (χ4n) is 4.43. The molecule has 3 rings (SSSR count). The van der Waals surface area contributed by atoms with Crippen molar-refractivity contribution in [1.29, 1.82) is 0 Å². The summed E-state index contributed by atoms with van der Waals surface area (Å²) in [5.74, 6) is 2.42. The quantitative estimate of drug-likeness (QED) is 0.486. The molecule has 24 heavy (non-hydrogen) atoms. The van der Waals surface area contributed by atoms with Crippen LogP contribution in [-0.2, 0) is 0 Å². The van der Waals surface area contributed by atoms with Gasteiger partial charge >= 0.3 is 0 Å². The minimum absolute atomic E-state index is 0.160. The lowest BCUT2D eigenvalue weighted by atomic mass is 9.72. The van der Waals surface area contributed by atoms with Crippen molar-refractivity contribution < 1.29 is 4.39 Å². The van der Waals surface area contributed by atoms with Crippen LogP contribution in [0.15, 0.2) is 42.5 Å². The molecule has 1 aromatic carbocycles. The van der Waals surface area contributed by atoms with Crippen molar-refractivity contribution in [1.82, 2.24) is 0 Å². The summed E-state index contributed by atoms with van der Waals surface area (Å²) < 4.78 is 13.1. The summed E-state index contributed by atoms with van der Waals surface area (Å²) in [4.78, 5) is 0. The van der Waals surface area contributed by atoms with Crippen LogP contribution in [-0.4, -0.2) is 0 Å². The maximum atomic E-state index is 13.1. The van der Waals surface area contributed by atoms with Gasteiger partial charge in [-0.3, -0.25) is 0 Å². The van der Waals surface area contributed by atoms with E-state index in [2.05, 4.69) is 25.2 Å². The molecule has 0 saturated heterocycles. The second-order valence-corrected chi connectivity index (χ2v) is 7.70. The molecule has 0 spiro atoms. The Morgan fingerprint density at radius 2 is 1.75 bits per heavy atom. The van der Waals surface area contributed by atoms with Gasteiger partial charge in [-0.2, -0.15) is 0 Å². The molecule has 2 aliphatic carbocycles. The van der Waals surface area contributed by atoms with E-state index >= 15 is 0 Å². The number of hydrogen-bond acceptors (Lipinski definition) is 0. The summed E-state index contributed by atoms with van der Waals surface area (Å²) in [5.41, 5.74) is 2.38. The van der Waals surface area contributed by atoms with Gasteiger partial charge in [0.1, 0.15) is 5.82 Å². The topological polar surface area (TPSA) is 0 Å². The van der Waals surface area contributed by atoms with Gasteiger partial charge in [0.25, 0.3) is 0 Å². The van der Waals surface area contributed by atoms with Gasteiger partial charge in [0.2, 0.25) is 0 Å². The molecule has 1 aromatic rings. The molecule has 0 bridgehead atoms. The van der Waals surface area contributed by atoms with Crippen molar-refractivity contribution in [3.63, 3.8) is 0 Å². The van der Waals surface area contributed by atoms with Crippen LogP contribution in [0.1, 0.15) is 70.3 Å². The average Bonchev–Trinajstić information content (AvgIpc) is 2.63. The number of halogens is 1. The molecule has 1 atom stereocenters. The predicted molar refractivity (Wildman–Crippen MR) is 101 cm³/mol. The van der Waals surface area contributed by atoms with Crippen molar-refractivity contribution >= 4 is 5.57 Å². The van der Waals surface area contributed by atoms with E-state index in [1.807, 2.05) is 12.1 Å². The Balaban J connectivity index is 1.47. The summed E-state index contributed by atoms with van der Waals surface area (Å²) in [5, 5.41) is 0. The van der Waals surface area contributed by atoms with Crippen molar-refractivity contribution in [2.75, 3.05) is 0 Å². The molecular formula is C23H31F. The first-order valence-electron chi connectivity index (χ1n) is 9.90. The van der Waals surface area contributed by atoms with E-state index in [0.717, 1.165) is 23.8 Å². The molecule has 0 nitrogen and oxygen atoms in total. The van der Waals surface area contributed by atoms with Gasteiger partial charge in [-0.05, 0) is 60.3 Å². The van der Waals surface area contributed by atoms with Crippen molar-refractivity contribution in [2.45, 2.75) is 64.7 Å². The third-order valence-electron chi connectivity index (χ3n) is 6.02. The lowest BCUT2D eigenvalue weighted by molar-refractivity contribution is 0.219. The van der Waals surface area contributed by atoms with Gasteiger partial charge in [0.15, 0.2) is 0 Å². The van der Waals surface area contributed by atoms with E-state index < -0.39 is 0 Å². The van der Waals surface area contributed by atoms with E-state index in [0.29, 0.717) is 5.92 Å². The summed E-state index contributed by atoms with van der Waals surface area (Å²) >= 11 is 0. The van der Waals surface area contributed by atoms with Crippen LogP contribution in [0, 0.1) is 23.6 Å². The number of rotatable bonds is 6. The van der Waals surface area contributed by atoms with Crippen LogP contribution in [0.3, 0.4) is 0 Å². The van der Waals surface area contributed by atoms with Crippen LogP contribution < -0.4 is 0 Å². The molecule has 0 aromatic heterocycles. The molecule has 2 aliphatic rings. The van der Waals surface area contributed by atoms with E-state index in [9.17, 15) is 4.39 Å². The summed E-state index contributed by atoms with van der Waals surface area (Å²) in [6, 6.07) is 6.87. The SMILES string of the molecule is CCCCC[C@H]1CC[C@H](C2C=CC(c3ccc(F)cc3)=CC2)CC1. The summed E-state index contributed by atoms with van der Waals surface area (Å²) in [6.45, 7) is 2.29. The number of hydrogen-bond donors (Lipinski definition) is 0. The molecule has 0 N–H and O–H groups in total. The zero-order chi connectivity index (χ0) is 16.8. The molecule has 0 aliphatic heterocycles. The summed E-state index contributed by atoms with van der Waals surface area (Å²) in [7, 11) is 0. The fraction of sp³-hybridized carbons (Fsp3) is 0.565. The van der Waals surface area contributed by atoms with Crippen LogP contribution in [0.4, 0.5) is 4.39 Å². The zero-order valence-corrected chi connectivity index (χ0v) is 15.0. The van der Waals surface area contributed by atoms with Crippen molar-refractivity contribution in [2.24, 2.45) is 17.8 Å². The smallest absolute Gasteiger partial charge is 0.123 e. The predicted octanol–water partition coefficient (Wildman–Crippen LogP) is 7.17. The molecule has 0 heterocycles. The highest BCUT2D eigenvalue weighted by Gasteiger charge is 2.26. The molecule has 0 amide bonds. The first-order valence-corrected chi connectivity index (χ1v) is 9.90. The molecule has 1 fully saturated rings. The minimum Gasteiger partial charge on any atom is -0.207 e. The number of allylic oxidation sites excluding steroid dienone is 4. The minimum atomic E-state index is -0.160. The van der Waals surface area contributed by atoms with Crippen molar-refractivity contribution in [3.8, 4) is 0 Å². The maximum Gasteiger partial charge on any atom is 0.123 e. The van der Waals surface area contributed by atoms with E-state index in [4.69, 9.17) is 0 Å². The van der Waals surface area contributed by atoms with E-state index in [1.54, 1.807) is 12.1 Å². The van der Waals surface area contributed by atoms with Crippen LogP contribution >= 0.6 is 0 Å². The van der Waals surface area contributed by atoms with Gasteiger partial charge in [-0.25, -0.2) is 4.39 Å². The Hall–Kier alpha value is -1.37. The normalized spacial score (nSPS) is 27.1. The third-order valence-corrected chi connectivity index (χ3v) is 6.02. The van der Waals surface area contributed by atoms with E-state index in [-0.39, 0.29) is 5.82 Å². The van der Waals surface area contributed by atoms with Gasteiger partial charge in [-0.1, -0.05) is 75.8 Å². The van der Waals surface area contributed by atoms with Gasteiger partial charge in [0.05, 0.1) is 0 Å². The molecule has 1 unspecified atom stereocenters. The Morgan fingerprint density at radius 3 is 2.38 bits per heavy atom. The van der Waals surface area contributed by atoms with E-state index in [1.165, 1.54) is 56.9 Å². The standard InChI is InChI=1S/C23H31F/c1-2-3-4-5-18-6-8-19(9-7-18)20-10-12-21(13-11-20)22-14-16-23(24)17-15-22/h10,12-20H,2-9,11H2,1H3/t18-,19-,20?. The second-order valence-electron chi connectivity index (χ2n) is 7.70. The number of unbranched alkanes of at least 4 members (excludes halogenated alkanes) is 2. The Morgan fingerprint density at radius 1 is 1.00 bits per heavy atom. The maximum absolute atomic E-state index is 13.1. The highest BCUT2D eigenvalue weighted by atomic mass is 19.1. The lowest BCUT2D eigenvalue weighted by Crippen LogP contribution is -2.21. The molecule has 1 heteroatoms. The van der Waals surface area contributed by atoms with Gasteiger partial charge < -0.3 is 0 Å². The van der Waals surface area contributed by atoms with Crippen LogP contribution in [0.25, 0.3) is 5.57 Å². The average molecular weight is 326 g/mol. The van der Waals surface area contributed by atoms with Crippen LogP contribution in [0.5, 0.6) is 0 Å². The van der Waals surface area contributed by atoms with Crippen molar-refractivity contribution in [3.05, 3.63) is 53.9 Å². The lowest BCUT2D eigenvalue weighted by Gasteiger charge is -2.33. The largest absolute Gasteiger partial charge is 0.207 e. The Bertz CT molecular complexity index is 558. The first-order chi connectivity index (χ1) is 11.8. The zero-order valence-electron chi connectivity index (χ0n) is 15.0. The second kappa shape index (κ2) is 8.65.